The number of amides is 1. The number of nitrogens with one attached hydrogen (secondary N) is 1. The highest BCUT2D eigenvalue weighted by molar-refractivity contribution is 6.03. The first-order chi connectivity index (χ1) is 10.5. The zero-order valence-electron chi connectivity index (χ0n) is 13.3. The van der Waals surface area contributed by atoms with Gasteiger partial charge < -0.3 is 10.1 Å². The molecule has 4 heteroatoms. The predicted octanol–water partition coefficient (Wildman–Crippen LogP) is 4.07. The van der Waals surface area contributed by atoms with Crippen LogP contribution in [0, 0.1) is 12.8 Å². The fourth-order valence-corrected chi connectivity index (χ4v) is 1.85. The number of aryl methyl sites for hydroxylation is 1. The maximum absolute atomic E-state index is 12.1. The molecule has 0 spiro atoms. The molecule has 1 aromatic heterocycles. The fourth-order valence-electron chi connectivity index (χ4n) is 1.85. The van der Waals surface area contributed by atoms with Crippen LogP contribution in [0.3, 0.4) is 0 Å². The molecule has 22 heavy (non-hydrogen) atoms. The number of nitrogens with zero attached hydrogens (tertiary/aromatic N) is 1. The van der Waals surface area contributed by atoms with Crippen molar-refractivity contribution in [1.29, 1.82) is 0 Å². The molecule has 0 aliphatic rings. The van der Waals surface area contributed by atoms with E-state index >= 15 is 0 Å². The standard InChI is InChI=1S/C18H22N2O2/c1-13(2)10-11-22-16-7-5-15(6-8-16)18(21)20-17-9-4-14(3)12-19-17/h4-9,12-13H,10-11H2,1-3H3,(H,19,20,21). The Balaban J connectivity index is 1.91. The summed E-state index contributed by atoms with van der Waals surface area (Å²) < 4.78 is 5.64. The summed E-state index contributed by atoms with van der Waals surface area (Å²) in [5, 5.41) is 2.77. The third-order valence-electron chi connectivity index (χ3n) is 3.23. The largest absolute Gasteiger partial charge is 0.494 e. The molecular formula is C18H22N2O2. The van der Waals surface area contributed by atoms with Crippen LogP contribution in [0.25, 0.3) is 0 Å². The third kappa shape index (κ3) is 4.88. The SMILES string of the molecule is Cc1ccc(NC(=O)c2ccc(OCCC(C)C)cc2)nc1. The van der Waals surface area contributed by atoms with E-state index in [1.54, 1.807) is 24.4 Å². The van der Waals surface area contributed by atoms with Crippen LogP contribution in [0.15, 0.2) is 42.6 Å². The smallest absolute Gasteiger partial charge is 0.256 e. The van der Waals surface area contributed by atoms with E-state index in [1.165, 1.54) is 0 Å². The molecule has 2 rings (SSSR count). The van der Waals surface area contributed by atoms with Crippen molar-refractivity contribution in [3.05, 3.63) is 53.7 Å². The van der Waals surface area contributed by atoms with Crippen LogP contribution in [0.2, 0.25) is 0 Å². The molecule has 1 aromatic carbocycles. The highest BCUT2D eigenvalue weighted by Crippen LogP contribution is 2.14. The van der Waals surface area contributed by atoms with Gasteiger partial charge in [0.2, 0.25) is 0 Å². The van der Waals surface area contributed by atoms with Crippen LogP contribution >= 0.6 is 0 Å². The Bertz CT molecular complexity index is 604. The van der Waals surface area contributed by atoms with Gasteiger partial charge in [0.05, 0.1) is 6.61 Å². The third-order valence-corrected chi connectivity index (χ3v) is 3.23. The number of hydrogen-bond acceptors (Lipinski definition) is 3. The summed E-state index contributed by atoms with van der Waals surface area (Å²) in [6.07, 6.45) is 2.74. The van der Waals surface area contributed by atoms with Gasteiger partial charge in [0, 0.05) is 11.8 Å². The highest BCUT2D eigenvalue weighted by atomic mass is 16.5. The number of ether oxygens (including phenoxy) is 1. The highest BCUT2D eigenvalue weighted by Gasteiger charge is 2.07. The molecule has 0 bridgehead atoms. The van der Waals surface area contributed by atoms with Gasteiger partial charge in [0.1, 0.15) is 11.6 Å². The van der Waals surface area contributed by atoms with E-state index < -0.39 is 0 Å². The lowest BCUT2D eigenvalue weighted by Crippen LogP contribution is -2.12. The Morgan fingerprint density at radius 2 is 1.91 bits per heavy atom. The van der Waals surface area contributed by atoms with Crippen molar-refractivity contribution >= 4 is 11.7 Å². The van der Waals surface area contributed by atoms with E-state index in [2.05, 4.69) is 24.1 Å². The average molecular weight is 298 g/mol. The first-order valence-corrected chi connectivity index (χ1v) is 7.51. The molecular weight excluding hydrogens is 276 g/mol. The summed E-state index contributed by atoms with van der Waals surface area (Å²) in [6, 6.07) is 10.9. The number of anilines is 1. The molecule has 0 saturated carbocycles. The van der Waals surface area contributed by atoms with Gasteiger partial charge in [-0.15, -0.1) is 0 Å². The second-order valence-corrected chi connectivity index (χ2v) is 5.73. The predicted molar refractivity (Wildman–Crippen MR) is 88.3 cm³/mol. The van der Waals surface area contributed by atoms with Crippen LogP contribution < -0.4 is 10.1 Å². The summed E-state index contributed by atoms with van der Waals surface area (Å²) >= 11 is 0. The normalized spacial score (nSPS) is 10.5. The van der Waals surface area contributed by atoms with Gasteiger partial charge in [-0.25, -0.2) is 4.98 Å². The first kappa shape index (κ1) is 16.0. The maximum Gasteiger partial charge on any atom is 0.256 e. The second kappa shape index (κ2) is 7.59. The van der Waals surface area contributed by atoms with Crippen LogP contribution in [0.4, 0.5) is 5.82 Å². The number of carbonyl (C=O) groups excluding carboxylic acids is 1. The molecule has 0 atom stereocenters. The first-order valence-electron chi connectivity index (χ1n) is 7.51. The number of benzene rings is 1. The zero-order chi connectivity index (χ0) is 15.9. The summed E-state index contributed by atoms with van der Waals surface area (Å²) in [6.45, 7) is 6.97. The Labute approximate surface area is 131 Å². The van der Waals surface area contributed by atoms with Gasteiger partial charge in [0.25, 0.3) is 5.91 Å². The van der Waals surface area contributed by atoms with Crippen molar-refractivity contribution in [2.24, 2.45) is 5.92 Å². The zero-order valence-corrected chi connectivity index (χ0v) is 13.3. The number of aromatic nitrogens is 1. The molecule has 0 fully saturated rings. The van der Waals surface area contributed by atoms with Crippen molar-refractivity contribution < 1.29 is 9.53 Å². The molecule has 4 nitrogen and oxygen atoms in total. The molecule has 0 aliphatic carbocycles. The van der Waals surface area contributed by atoms with Crippen LogP contribution in [-0.4, -0.2) is 17.5 Å². The average Bonchev–Trinajstić information content (AvgIpc) is 2.50. The van der Waals surface area contributed by atoms with Crippen molar-refractivity contribution in [3.63, 3.8) is 0 Å². The molecule has 1 heterocycles. The number of rotatable bonds is 6. The Kier molecular flexibility index (Phi) is 5.53. The number of pyridine rings is 1. The number of hydrogen-bond donors (Lipinski definition) is 1. The van der Waals surface area contributed by atoms with E-state index in [1.807, 2.05) is 25.1 Å². The van der Waals surface area contributed by atoms with Crippen LogP contribution in [0.1, 0.15) is 36.2 Å². The summed E-state index contributed by atoms with van der Waals surface area (Å²) in [4.78, 5) is 16.3. The topological polar surface area (TPSA) is 51.2 Å². The summed E-state index contributed by atoms with van der Waals surface area (Å²) in [5.41, 5.74) is 1.64. The Morgan fingerprint density at radius 1 is 1.18 bits per heavy atom. The monoisotopic (exact) mass is 298 g/mol. The minimum atomic E-state index is -0.176. The van der Waals surface area contributed by atoms with Crippen LogP contribution in [0.5, 0.6) is 5.75 Å². The van der Waals surface area contributed by atoms with Crippen molar-refractivity contribution in [1.82, 2.24) is 4.98 Å². The van der Waals surface area contributed by atoms with Crippen molar-refractivity contribution in [2.75, 3.05) is 11.9 Å². The molecule has 0 radical (unpaired) electrons. The summed E-state index contributed by atoms with van der Waals surface area (Å²) in [7, 11) is 0. The molecule has 1 amide bonds. The van der Waals surface area contributed by atoms with E-state index in [0.29, 0.717) is 23.9 Å². The summed E-state index contributed by atoms with van der Waals surface area (Å²) in [5.74, 6) is 1.77. The maximum atomic E-state index is 12.1. The molecule has 0 saturated heterocycles. The van der Waals surface area contributed by atoms with E-state index in [0.717, 1.165) is 17.7 Å². The lowest BCUT2D eigenvalue weighted by molar-refractivity contribution is 0.102. The van der Waals surface area contributed by atoms with Crippen LogP contribution in [-0.2, 0) is 0 Å². The van der Waals surface area contributed by atoms with Crippen molar-refractivity contribution in [2.45, 2.75) is 27.2 Å². The Hall–Kier alpha value is -2.36. The van der Waals surface area contributed by atoms with Gasteiger partial charge in [-0.1, -0.05) is 19.9 Å². The minimum absolute atomic E-state index is 0.176. The minimum Gasteiger partial charge on any atom is -0.494 e. The van der Waals surface area contributed by atoms with Gasteiger partial charge in [0.15, 0.2) is 0 Å². The van der Waals surface area contributed by atoms with Gasteiger partial charge in [-0.05, 0) is 55.2 Å². The lowest BCUT2D eigenvalue weighted by atomic mass is 10.1. The number of carbonyl (C=O) groups is 1. The molecule has 0 unspecified atom stereocenters. The molecule has 2 aromatic rings. The molecule has 1 N–H and O–H groups in total. The second-order valence-electron chi connectivity index (χ2n) is 5.73. The van der Waals surface area contributed by atoms with Gasteiger partial charge in [-0.2, -0.15) is 0 Å². The van der Waals surface area contributed by atoms with E-state index in [9.17, 15) is 4.79 Å². The van der Waals surface area contributed by atoms with E-state index in [4.69, 9.17) is 4.74 Å². The molecule has 0 aliphatic heterocycles. The van der Waals surface area contributed by atoms with Gasteiger partial charge >= 0.3 is 0 Å². The van der Waals surface area contributed by atoms with Crippen molar-refractivity contribution in [3.8, 4) is 5.75 Å². The van der Waals surface area contributed by atoms with Gasteiger partial charge in [-0.3, -0.25) is 4.79 Å². The molecule has 116 valence electrons. The fraction of sp³-hybridized carbons (Fsp3) is 0.333. The Morgan fingerprint density at radius 3 is 2.50 bits per heavy atom. The van der Waals surface area contributed by atoms with E-state index in [-0.39, 0.29) is 5.91 Å². The quantitative estimate of drug-likeness (QED) is 0.874. The lowest BCUT2D eigenvalue weighted by Gasteiger charge is -2.09.